The van der Waals surface area contributed by atoms with Gasteiger partial charge in [-0.15, -0.1) is 0 Å². The summed E-state index contributed by atoms with van der Waals surface area (Å²) in [4.78, 5) is 23.0. The fourth-order valence-corrected chi connectivity index (χ4v) is 1.69. The molecule has 0 bridgehead atoms. The van der Waals surface area contributed by atoms with Crippen LogP contribution in [0.3, 0.4) is 0 Å². The number of unbranched alkanes of at least 4 members (excludes halogenated alkanes) is 3. The molecular weight excluding hydrogens is 260 g/mol. The van der Waals surface area contributed by atoms with Crippen LogP contribution in [0.5, 0.6) is 0 Å². The minimum Gasteiger partial charge on any atom is -0.472 e. The topological polar surface area (TPSA) is 91.6 Å². The first-order valence-electron chi connectivity index (χ1n) is 6.92. The van der Waals surface area contributed by atoms with E-state index in [9.17, 15) is 9.59 Å². The Hall–Kier alpha value is -1.82. The zero-order chi connectivity index (χ0) is 14.6. The Kier molecular flexibility index (Phi) is 8.14. The largest absolute Gasteiger partial charge is 0.472 e. The lowest BCUT2D eigenvalue weighted by Gasteiger charge is -2.06. The molecule has 0 atom stereocenters. The molecule has 3 N–H and O–H groups in total. The minimum atomic E-state index is -0.240. The number of amides is 2. The van der Waals surface area contributed by atoms with Crippen LogP contribution in [0.2, 0.25) is 0 Å². The summed E-state index contributed by atoms with van der Waals surface area (Å²) in [6.45, 7) is 1.17. The Labute approximate surface area is 118 Å². The van der Waals surface area contributed by atoms with E-state index >= 15 is 0 Å². The van der Waals surface area contributed by atoms with Crippen molar-refractivity contribution in [2.24, 2.45) is 0 Å². The first kappa shape index (κ1) is 16.2. The molecule has 1 heterocycles. The Balaban J connectivity index is 1.99. The van der Waals surface area contributed by atoms with Crippen LogP contribution in [0, 0.1) is 0 Å². The SMILES string of the molecule is O=C(CCNC(=O)c1ccoc1)NCCCCCCO. The predicted octanol–water partition coefficient (Wildman–Crippen LogP) is 1.07. The van der Waals surface area contributed by atoms with Crippen LogP contribution in [-0.2, 0) is 4.79 Å². The number of hydrogen-bond donors (Lipinski definition) is 3. The molecule has 1 rings (SSSR count). The predicted molar refractivity (Wildman–Crippen MR) is 74.2 cm³/mol. The number of carbonyl (C=O) groups excluding carboxylic acids is 2. The quantitative estimate of drug-likeness (QED) is 0.560. The summed E-state index contributed by atoms with van der Waals surface area (Å²) >= 11 is 0. The summed E-state index contributed by atoms with van der Waals surface area (Å²) < 4.78 is 4.80. The second-order valence-electron chi connectivity index (χ2n) is 4.51. The molecule has 20 heavy (non-hydrogen) atoms. The Morgan fingerprint density at radius 1 is 1.10 bits per heavy atom. The lowest BCUT2D eigenvalue weighted by molar-refractivity contribution is -0.120. The molecule has 112 valence electrons. The van der Waals surface area contributed by atoms with Crippen LogP contribution in [0.25, 0.3) is 0 Å². The number of rotatable bonds is 10. The number of nitrogens with one attached hydrogen (secondary N) is 2. The molecule has 0 saturated carbocycles. The summed E-state index contributed by atoms with van der Waals surface area (Å²) in [6, 6.07) is 1.57. The van der Waals surface area contributed by atoms with Crippen molar-refractivity contribution < 1.29 is 19.1 Å². The van der Waals surface area contributed by atoms with Gasteiger partial charge in [-0.3, -0.25) is 9.59 Å². The maximum atomic E-state index is 11.5. The van der Waals surface area contributed by atoms with Crippen molar-refractivity contribution in [1.29, 1.82) is 0 Å². The monoisotopic (exact) mass is 282 g/mol. The average Bonchev–Trinajstić information content (AvgIpc) is 2.96. The number of hydrogen-bond acceptors (Lipinski definition) is 4. The van der Waals surface area contributed by atoms with Gasteiger partial charge in [0.25, 0.3) is 5.91 Å². The summed E-state index contributed by atoms with van der Waals surface area (Å²) in [6.07, 6.45) is 6.76. The third kappa shape index (κ3) is 6.94. The summed E-state index contributed by atoms with van der Waals surface area (Å²) in [7, 11) is 0. The van der Waals surface area contributed by atoms with Crippen LogP contribution in [0.15, 0.2) is 23.0 Å². The van der Waals surface area contributed by atoms with Gasteiger partial charge in [0.15, 0.2) is 0 Å². The zero-order valence-corrected chi connectivity index (χ0v) is 11.6. The van der Waals surface area contributed by atoms with Crippen LogP contribution < -0.4 is 10.6 Å². The van der Waals surface area contributed by atoms with Gasteiger partial charge in [0.1, 0.15) is 6.26 Å². The molecule has 0 aliphatic rings. The molecule has 6 heteroatoms. The van der Waals surface area contributed by atoms with E-state index in [1.165, 1.54) is 12.5 Å². The van der Waals surface area contributed by atoms with E-state index in [0.29, 0.717) is 18.7 Å². The van der Waals surface area contributed by atoms with Crippen molar-refractivity contribution in [3.05, 3.63) is 24.2 Å². The molecule has 1 aromatic heterocycles. The fourth-order valence-electron chi connectivity index (χ4n) is 1.69. The van der Waals surface area contributed by atoms with Crippen molar-refractivity contribution in [1.82, 2.24) is 10.6 Å². The molecule has 0 aliphatic carbocycles. The lowest BCUT2D eigenvalue weighted by Crippen LogP contribution is -2.31. The highest BCUT2D eigenvalue weighted by atomic mass is 16.3. The van der Waals surface area contributed by atoms with Gasteiger partial charge in [0.2, 0.25) is 5.91 Å². The number of carbonyl (C=O) groups is 2. The number of aliphatic hydroxyl groups excluding tert-OH is 1. The fraction of sp³-hybridized carbons (Fsp3) is 0.571. The number of furan rings is 1. The highest BCUT2D eigenvalue weighted by Gasteiger charge is 2.07. The van der Waals surface area contributed by atoms with Crippen molar-refractivity contribution in [3.63, 3.8) is 0 Å². The molecule has 0 spiro atoms. The maximum absolute atomic E-state index is 11.5. The van der Waals surface area contributed by atoms with E-state index in [4.69, 9.17) is 9.52 Å². The molecule has 0 saturated heterocycles. The van der Waals surface area contributed by atoms with E-state index in [1.807, 2.05) is 0 Å². The molecule has 0 unspecified atom stereocenters. The van der Waals surface area contributed by atoms with Crippen LogP contribution >= 0.6 is 0 Å². The first-order chi connectivity index (χ1) is 9.74. The van der Waals surface area contributed by atoms with Gasteiger partial charge < -0.3 is 20.2 Å². The smallest absolute Gasteiger partial charge is 0.254 e. The van der Waals surface area contributed by atoms with E-state index in [1.54, 1.807) is 6.07 Å². The molecule has 1 aromatic rings. The second-order valence-corrected chi connectivity index (χ2v) is 4.51. The Morgan fingerprint density at radius 3 is 2.60 bits per heavy atom. The minimum absolute atomic E-state index is 0.0698. The summed E-state index contributed by atoms with van der Waals surface area (Å²) in [5.74, 6) is -0.310. The van der Waals surface area contributed by atoms with Gasteiger partial charge in [0.05, 0.1) is 11.8 Å². The Morgan fingerprint density at radius 2 is 1.90 bits per heavy atom. The molecule has 0 radical (unpaired) electrons. The highest BCUT2D eigenvalue weighted by Crippen LogP contribution is 1.99. The Bertz CT molecular complexity index is 390. The van der Waals surface area contributed by atoms with Crippen molar-refractivity contribution >= 4 is 11.8 Å². The van der Waals surface area contributed by atoms with Crippen molar-refractivity contribution in [3.8, 4) is 0 Å². The third-order valence-corrected chi connectivity index (χ3v) is 2.83. The first-order valence-corrected chi connectivity index (χ1v) is 6.92. The lowest BCUT2D eigenvalue weighted by atomic mass is 10.2. The van der Waals surface area contributed by atoms with Crippen LogP contribution in [0.4, 0.5) is 0 Å². The number of aliphatic hydroxyl groups is 1. The van der Waals surface area contributed by atoms with E-state index in [2.05, 4.69) is 10.6 Å². The van der Waals surface area contributed by atoms with Gasteiger partial charge in [-0.2, -0.15) is 0 Å². The highest BCUT2D eigenvalue weighted by molar-refractivity contribution is 5.93. The molecule has 0 aliphatic heterocycles. The van der Waals surface area contributed by atoms with Crippen molar-refractivity contribution in [2.75, 3.05) is 19.7 Å². The van der Waals surface area contributed by atoms with Crippen molar-refractivity contribution in [2.45, 2.75) is 32.1 Å². The summed E-state index contributed by atoms with van der Waals surface area (Å²) in [5.41, 5.74) is 0.453. The normalized spacial score (nSPS) is 10.2. The van der Waals surface area contributed by atoms with E-state index < -0.39 is 0 Å². The van der Waals surface area contributed by atoms with Gasteiger partial charge in [-0.25, -0.2) is 0 Å². The molecule has 0 fully saturated rings. The van der Waals surface area contributed by atoms with Gasteiger partial charge in [-0.1, -0.05) is 12.8 Å². The second kappa shape index (κ2) is 10.0. The summed E-state index contributed by atoms with van der Waals surface area (Å²) in [5, 5.41) is 14.1. The molecule has 0 aromatic carbocycles. The van der Waals surface area contributed by atoms with Crippen LogP contribution in [-0.4, -0.2) is 36.6 Å². The average molecular weight is 282 g/mol. The molecular formula is C14H22N2O4. The molecule has 2 amide bonds. The maximum Gasteiger partial charge on any atom is 0.254 e. The molecule has 6 nitrogen and oxygen atoms in total. The standard InChI is InChI=1S/C14H22N2O4/c17-9-4-2-1-3-7-15-13(18)5-8-16-14(19)12-6-10-20-11-12/h6,10-11,17H,1-5,7-9H2,(H,15,18)(H,16,19). The zero-order valence-electron chi connectivity index (χ0n) is 11.6. The third-order valence-electron chi connectivity index (χ3n) is 2.83. The van der Waals surface area contributed by atoms with Gasteiger partial charge in [0, 0.05) is 26.1 Å². The van der Waals surface area contributed by atoms with E-state index in [0.717, 1.165) is 25.7 Å². The van der Waals surface area contributed by atoms with Crippen LogP contribution in [0.1, 0.15) is 42.5 Å². The van der Waals surface area contributed by atoms with E-state index in [-0.39, 0.29) is 24.8 Å². The van der Waals surface area contributed by atoms with Gasteiger partial charge in [-0.05, 0) is 18.9 Å². The van der Waals surface area contributed by atoms with Gasteiger partial charge >= 0.3 is 0 Å².